The van der Waals surface area contributed by atoms with E-state index in [2.05, 4.69) is 21.8 Å². The van der Waals surface area contributed by atoms with Crippen LogP contribution in [0, 0.1) is 11.8 Å². The average molecular weight is 485 g/mol. The Balaban J connectivity index is 1.86. The lowest BCUT2D eigenvalue weighted by atomic mass is 9.95. The summed E-state index contributed by atoms with van der Waals surface area (Å²) in [7, 11) is -3.87. The Kier molecular flexibility index (Phi) is 6.85. The fraction of sp³-hybridized carbons (Fsp3) is 0.400. The molecule has 2 atom stereocenters. The highest BCUT2D eigenvalue weighted by molar-refractivity contribution is 7.89. The summed E-state index contributed by atoms with van der Waals surface area (Å²) in [6, 6.07) is 4.39. The number of alkyl halides is 3. The number of aromatic nitrogens is 2. The van der Waals surface area contributed by atoms with E-state index < -0.39 is 40.0 Å². The molecule has 0 unspecified atom stereocenters. The summed E-state index contributed by atoms with van der Waals surface area (Å²) < 4.78 is 66.8. The quantitative estimate of drug-likeness (QED) is 0.528. The van der Waals surface area contributed by atoms with Gasteiger partial charge in [0.1, 0.15) is 22.6 Å². The van der Waals surface area contributed by atoms with E-state index in [4.69, 9.17) is 10.8 Å². The van der Waals surface area contributed by atoms with Gasteiger partial charge in [-0.3, -0.25) is 0 Å². The first-order valence-electron chi connectivity index (χ1n) is 9.71. The van der Waals surface area contributed by atoms with E-state index in [1.807, 2.05) is 0 Å². The molecule has 0 aromatic carbocycles. The number of pyridine rings is 2. The van der Waals surface area contributed by atoms with Crippen LogP contribution < -0.4 is 10.6 Å². The summed E-state index contributed by atoms with van der Waals surface area (Å²) in [6.07, 6.45) is -3.10. The van der Waals surface area contributed by atoms with Crippen molar-refractivity contribution >= 4 is 21.7 Å². The zero-order valence-electron chi connectivity index (χ0n) is 17.5. The number of piperazine rings is 1. The second-order valence-electron chi connectivity index (χ2n) is 7.31. The number of rotatable bonds is 5. The lowest BCUT2D eigenvalue weighted by Gasteiger charge is -2.39. The first kappa shape index (κ1) is 24.7. The smallest absolute Gasteiger partial charge is 0.393 e. The maximum atomic E-state index is 13.2. The number of sulfonamides is 1. The molecule has 9 nitrogen and oxygen atoms in total. The zero-order valence-corrected chi connectivity index (χ0v) is 18.3. The molecular weight excluding hydrogens is 463 g/mol. The van der Waals surface area contributed by atoms with Crippen LogP contribution in [0.3, 0.4) is 0 Å². The lowest BCUT2D eigenvalue weighted by Crippen LogP contribution is -2.54. The van der Waals surface area contributed by atoms with Crippen molar-refractivity contribution in [2.75, 3.05) is 36.9 Å². The van der Waals surface area contributed by atoms with Gasteiger partial charge >= 0.3 is 6.18 Å². The van der Waals surface area contributed by atoms with E-state index in [1.54, 1.807) is 11.8 Å². The minimum Gasteiger partial charge on any atom is -0.393 e. The molecule has 1 aliphatic heterocycles. The summed E-state index contributed by atoms with van der Waals surface area (Å²) in [5.41, 5.74) is 1.46. The Bertz CT molecular complexity index is 1150. The Hall–Kier alpha value is -2.92. The SMILES string of the molecule is CC#C[C@H]1CN(S(=O)(=O)c2ccc(N)nc2)CCN1c1ccc([C@](O)(CO)C(F)(F)F)cn1. The second-order valence-corrected chi connectivity index (χ2v) is 9.24. The Morgan fingerprint density at radius 1 is 1.18 bits per heavy atom. The van der Waals surface area contributed by atoms with E-state index in [1.165, 1.54) is 28.7 Å². The molecule has 33 heavy (non-hydrogen) atoms. The van der Waals surface area contributed by atoms with E-state index in [-0.39, 0.29) is 36.2 Å². The van der Waals surface area contributed by atoms with E-state index in [0.29, 0.717) is 0 Å². The zero-order chi connectivity index (χ0) is 24.4. The van der Waals surface area contributed by atoms with Crippen LogP contribution in [0.1, 0.15) is 12.5 Å². The topological polar surface area (TPSA) is 133 Å². The molecule has 0 bridgehead atoms. The minimum atomic E-state index is -5.10. The van der Waals surface area contributed by atoms with Gasteiger partial charge in [0.2, 0.25) is 15.6 Å². The average Bonchev–Trinajstić information content (AvgIpc) is 2.78. The number of anilines is 2. The second kappa shape index (κ2) is 9.14. The molecule has 1 fully saturated rings. The van der Waals surface area contributed by atoms with Gasteiger partial charge in [0.25, 0.3) is 0 Å². The lowest BCUT2D eigenvalue weighted by molar-refractivity contribution is -0.277. The number of aliphatic hydroxyl groups excluding tert-OH is 1. The van der Waals surface area contributed by atoms with Gasteiger partial charge in [-0.25, -0.2) is 18.4 Å². The van der Waals surface area contributed by atoms with Crippen LogP contribution in [0.15, 0.2) is 41.6 Å². The summed E-state index contributed by atoms with van der Waals surface area (Å²) in [5, 5.41) is 19.0. The molecule has 0 radical (unpaired) electrons. The van der Waals surface area contributed by atoms with Crippen molar-refractivity contribution in [1.82, 2.24) is 14.3 Å². The molecule has 13 heteroatoms. The monoisotopic (exact) mass is 485 g/mol. The molecule has 0 saturated carbocycles. The Morgan fingerprint density at radius 2 is 1.91 bits per heavy atom. The molecule has 0 spiro atoms. The van der Waals surface area contributed by atoms with Crippen molar-refractivity contribution < 1.29 is 31.8 Å². The maximum absolute atomic E-state index is 13.2. The van der Waals surface area contributed by atoms with Crippen molar-refractivity contribution in [2.24, 2.45) is 0 Å². The van der Waals surface area contributed by atoms with Gasteiger partial charge < -0.3 is 20.8 Å². The third kappa shape index (κ3) is 4.74. The van der Waals surface area contributed by atoms with Gasteiger partial charge in [0.15, 0.2) is 0 Å². The third-order valence-electron chi connectivity index (χ3n) is 5.27. The summed E-state index contributed by atoms with van der Waals surface area (Å²) in [6.45, 7) is 0.243. The molecule has 3 heterocycles. The first-order chi connectivity index (χ1) is 15.4. The number of nitrogens with zero attached hydrogens (tertiary/aromatic N) is 4. The normalized spacial score (nSPS) is 19.5. The van der Waals surface area contributed by atoms with Gasteiger partial charge in [0, 0.05) is 37.6 Å². The fourth-order valence-electron chi connectivity index (χ4n) is 3.38. The van der Waals surface area contributed by atoms with Crippen LogP contribution in [-0.4, -0.2) is 71.4 Å². The summed E-state index contributed by atoms with van der Waals surface area (Å²) >= 11 is 0. The van der Waals surface area contributed by atoms with Crippen molar-refractivity contribution in [3.05, 3.63) is 42.2 Å². The molecule has 1 aliphatic rings. The fourth-order valence-corrected chi connectivity index (χ4v) is 4.76. The van der Waals surface area contributed by atoms with Crippen LogP contribution in [0.2, 0.25) is 0 Å². The first-order valence-corrected chi connectivity index (χ1v) is 11.1. The molecular formula is C20H22F3N5O4S. The van der Waals surface area contributed by atoms with E-state index >= 15 is 0 Å². The third-order valence-corrected chi connectivity index (χ3v) is 7.12. The van der Waals surface area contributed by atoms with Crippen LogP contribution >= 0.6 is 0 Å². The van der Waals surface area contributed by atoms with Crippen molar-refractivity contribution in [3.63, 3.8) is 0 Å². The summed E-state index contributed by atoms with van der Waals surface area (Å²) in [4.78, 5) is 9.47. The Morgan fingerprint density at radius 3 is 2.42 bits per heavy atom. The number of nitrogens with two attached hydrogens (primary N) is 1. The van der Waals surface area contributed by atoms with Gasteiger partial charge in [-0.2, -0.15) is 17.5 Å². The van der Waals surface area contributed by atoms with Gasteiger partial charge in [-0.15, -0.1) is 5.92 Å². The van der Waals surface area contributed by atoms with Crippen LogP contribution in [0.4, 0.5) is 24.8 Å². The molecule has 2 aromatic heterocycles. The van der Waals surface area contributed by atoms with Crippen LogP contribution in [0.25, 0.3) is 0 Å². The predicted molar refractivity (Wildman–Crippen MR) is 113 cm³/mol. The van der Waals surface area contributed by atoms with Gasteiger partial charge in [-0.1, -0.05) is 12.0 Å². The molecule has 0 aliphatic carbocycles. The number of aliphatic hydroxyl groups is 2. The van der Waals surface area contributed by atoms with Crippen LogP contribution in [-0.2, 0) is 15.6 Å². The molecule has 3 rings (SSSR count). The van der Waals surface area contributed by atoms with E-state index in [0.717, 1.165) is 12.3 Å². The van der Waals surface area contributed by atoms with Crippen LogP contribution in [0.5, 0.6) is 0 Å². The predicted octanol–water partition coefficient (Wildman–Crippen LogP) is 0.704. The highest BCUT2D eigenvalue weighted by atomic mass is 32.2. The number of nitrogen functional groups attached to an aromatic ring is 1. The highest BCUT2D eigenvalue weighted by Crippen LogP contribution is 2.38. The maximum Gasteiger partial charge on any atom is 0.423 e. The molecule has 4 N–H and O–H groups in total. The largest absolute Gasteiger partial charge is 0.423 e. The molecule has 2 aromatic rings. The van der Waals surface area contributed by atoms with Gasteiger partial charge in [0.05, 0.1) is 6.61 Å². The molecule has 0 amide bonds. The molecule has 178 valence electrons. The standard InChI is InChI=1S/C20H22F3N5O4S/c1-2-3-15-12-27(33(31,32)16-5-6-17(24)25-11-16)8-9-28(15)18-7-4-14(10-26-18)19(30,13-29)20(21,22)23/h4-7,10-11,15,29-30H,8-9,12-13H2,1H3,(H2,24,25)/t15-,19+/m0/s1. The number of halogens is 3. The minimum absolute atomic E-state index is 0.0138. The van der Waals surface area contributed by atoms with Crippen molar-refractivity contribution in [3.8, 4) is 11.8 Å². The summed E-state index contributed by atoms with van der Waals surface area (Å²) in [5.74, 6) is 6.06. The highest BCUT2D eigenvalue weighted by Gasteiger charge is 2.55. The number of hydrogen-bond donors (Lipinski definition) is 3. The van der Waals surface area contributed by atoms with Crippen molar-refractivity contribution in [1.29, 1.82) is 0 Å². The van der Waals surface area contributed by atoms with Gasteiger partial charge in [-0.05, 0) is 25.1 Å². The Labute approximate surface area is 188 Å². The number of hydrogen-bond acceptors (Lipinski definition) is 8. The van der Waals surface area contributed by atoms with Crippen molar-refractivity contribution in [2.45, 2.75) is 29.6 Å². The molecule has 1 saturated heterocycles. The van der Waals surface area contributed by atoms with E-state index in [9.17, 15) is 26.7 Å².